The average Bonchev–Trinajstić information content (AvgIpc) is 3.40. The van der Waals surface area contributed by atoms with Gasteiger partial charge < -0.3 is 18.9 Å². The van der Waals surface area contributed by atoms with Crippen molar-refractivity contribution in [3.63, 3.8) is 0 Å². The maximum atomic E-state index is 14.0. The van der Waals surface area contributed by atoms with Crippen LogP contribution in [0.15, 0.2) is 24.8 Å². The molecule has 5 aliphatic heterocycles. The minimum Gasteiger partial charge on any atom is -0.465 e. The first-order valence-electron chi connectivity index (χ1n) is 20.6. The Balaban J connectivity index is 1.00. The first-order chi connectivity index (χ1) is 24.4. The number of allylic oxidation sites excluding steroid dienone is 1. The highest BCUT2D eigenvalue weighted by molar-refractivity contribution is 5.82. The van der Waals surface area contributed by atoms with E-state index >= 15 is 0 Å². The number of rotatable bonds is 20. The lowest BCUT2D eigenvalue weighted by atomic mass is 9.80. The highest BCUT2D eigenvalue weighted by atomic mass is 16.6. The third-order valence-corrected chi connectivity index (χ3v) is 11.7. The zero-order chi connectivity index (χ0) is 35.2. The summed E-state index contributed by atoms with van der Waals surface area (Å²) in [5.41, 5.74) is -1.15. The second-order valence-corrected chi connectivity index (χ2v) is 15.7. The fraction of sp³-hybridized carbons (Fsp3) is 0.829. The van der Waals surface area contributed by atoms with E-state index in [9.17, 15) is 9.59 Å². The number of carbonyl (C=O) groups is 2. The Morgan fingerprint density at radius 1 is 0.920 bits per heavy atom. The Bertz CT molecular complexity index is 1170. The second-order valence-electron chi connectivity index (χ2n) is 15.7. The van der Waals surface area contributed by atoms with Crippen molar-refractivity contribution in [2.45, 2.75) is 197 Å². The molecule has 2 spiro atoms. The number of esters is 2. The van der Waals surface area contributed by atoms with Crippen LogP contribution in [0.5, 0.6) is 0 Å². The van der Waals surface area contributed by atoms with Crippen molar-refractivity contribution in [2.24, 2.45) is 5.92 Å². The molecule has 0 bridgehead atoms. The molecule has 0 saturated carbocycles. The SMILES string of the molecule is C=CCOC(=O)CCCCCCCCCCCCCCCOC(=O)[C@@H]1[C@H]2CC[C@H]3C[C@@]4(CCC=C[C@H](CC)O4)NC(=[N+]32)N[C@@]12CCC[C@@H](C)O2. The largest absolute Gasteiger partial charge is 0.465 e. The van der Waals surface area contributed by atoms with Crippen LogP contribution in [0.4, 0.5) is 0 Å². The molecule has 0 aromatic rings. The molecule has 2 fully saturated rings. The molecule has 2 saturated heterocycles. The van der Waals surface area contributed by atoms with Crippen LogP contribution >= 0.6 is 0 Å². The van der Waals surface area contributed by atoms with Crippen LogP contribution in [0.3, 0.4) is 0 Å². The summed E-state index contributed by atoms with van der Waals surface area (Å²) in [4.78, 5) is 25.5. The maximum Gasteiger partial charge on any atom is 0.350 e. The Kier molecular flexibility index (Phi) is 15.1. The first-order valence-corrected chi connectivity index (χ1v) is 20.6. The molecular formula is C41H68N3O6+. The number of hydrogen-bond acceptors (Lipinski definition) is 8. The maximum absolute atomic E-state index is 14.0. The van der Waals surface area contributed by atoms with E-state index in [1.165, 1.54) is 57.8 Å². The van der Waals surface area contributed by atoms with Crippen molar-refractivity contribution in [1.82, 2.24) is 10.6 Å². The van der Waals surface area contributed by atoms with E-state index in [4.69, 9.17) is 18.9 Å². The Morgan fingerprint density at radius 2 is 1.62 bits per heavy atom. The Hall–Kier alpha value is -2.39. The summed E-state index contributed by atoms with van der Waals surface area (Å²) < 4.78 is 27.1. The molecule has 5 rings (SSSR count). The summed E-state index contributed by atoms with van der Waals surface area (Å²) in [6, 6.07) is 0.410. The number of carbonyl (C=O) groups excluding carboxylic acids is 2. The Morgan fingerprint density at radius 3 is 2.30 bits per heavy atom. The Labute approximate surface area is 302 Å². The summed E-state index contributed by atoms with van der Waals surface area (Å²) in [6.07, 6.45) is 31.0. The van der Waals surface area contributed by atoms with Crippen LogP contribution in [-0.4, -0.2) is 71.4 Å². The highest BCUT2D eigenvalue weighted by Crippen LogP contribution is 2.45. The van der Waals surface area contributed by atoms with Gasteiger partial charge in [-0.3, -0.25) is 14.2 Å². The van der Waals surface area contributed by atoms with Crippen molar-refractivity contribution in [2.75, 3.05) is 13.2 Å². The molecule has 50 heavy (non-hydrogen) atoms. The number of guanidine groups is 1. The van der Waals surface area contributed by atoms with E-state index < -0.39 is 11.4 Å². The molecule has 7 atom stereocenters. The zero-order valence-corrected chi connectivity index (χ0v) is 31.4. The molecule has 9 heteroatoms. The molecule has 0 aromatic heterocycles. The van der Waals surface area contributed by atoms with Crippen molar-refractivity contribution < 1.29 is 33.1 Å². The predicted molar refractivity (Wildman–Crippen MR) is 197 cm³/mol. The smallest absolute Gasteiger partial charge is 0.350 e. The predicted octanol–water partition coefficient (Wildman–Crippen LogP) is 7.96. The fourth-order valence-corrected chi connectivity index (χ4v) is 9.20. The molecule has 9 nitrogen and oxygen atoms in total. The van der Waals surface area contributed by atoms with E-state index in [1.807, 2.05) is 0 Å². The van der Waals surface area contributed by atoms with Gasteiger partial charge in [0.05, 0.1) is 30.9 Å². The molecule has 0 radical (unpaired) electrons. The van der Waals surface area contributed by atoms with E-state index in [0.717, 1.165) is 89.4 Å². The third kappa shape index (κ3) is 10.4. The second kappa shape index (κ2) is 19.4. The number of hydrogen-bond donors (Lipinski definition) is 2. The number of nitrogens with zero attached hydrogens (tertiary/aromatic N) is 1. The summed E-state index contributed by atoms with van der Waals surface area (Å²) in [5.74, 6) is 0.445. The monoisotopic (exact) mass is 699 g/mol. The van der Waals surface area contributed by atoms with Gasteiger partial charge in [0.25, 0.3) is 0 Å². The molecule has 2 N–H and O–H groups in total. The topological polar surface area (TPSA) is 98.1 Å². The molecule has 282 valence electrons. The quantitative estimate of drug-likeness (QED) is 0.0572. The molecular weight excluding hydrogens is 630 g/mol. The van der Waals surface area contributed by atoms with Crippen molar-refractivity contribution in [1.29, 1.82) is 0 Å². The summed E-state index contributed by atoms with van der Waals surface area (Å²) in [7, 11) is 0. The van der Waals surface area contributed by atoms with Crippen LogP contribution in [0, 0.1) is 5.92 Å². The van der Waals surface area contributed by atoms with Crippen LogP contribution in [-0.2, 0) is 28.5 Å². The van der Waals surface area contributed by atoms with Crippen molar-refractivity contribution >= 4 is 17.9 Å². The van der Waals surface area contributed by atoms with E-state index in [0.29, 0.717) is 25.7 Å². The van der Waals surface area contributed by atoms with E-state index in [1.54, 1.807) is 6.08 Å². The minimum atomic E-state index is -0.750. The normalized spacial score (nSPS) is 31.5. The summed E-state index contributed by atoms with van der Waals surface area (Å²) >= 11 is 0. The lowest BCUT2D eigenvalue weighted by molar-refractivity contribution is -0.609. The standard InChI is InChI=1S/C41H67N3O6/c1-4-29-47-36(45)24-17-15-13-11-9-7-6-8-10-12-14-16-20-30-48-38(46)37-35-26-25-33-31-40(27-19-18-23-34(5-2)50-40)42-39(44(33)35)43-41(37)28-21-22-32(3)49-41/h4,18,23,32-35,37H,1,5-17,19-22,24-31H2,2-3H3,(H,42,43)/p+1/t32-,33+,34+,35-,37+,40+,41-/m1/s1. The van der Waals surface area contributed by atoms with Gasteiger partial charge in [0.2, 0.25) is 5.72 Å². The van der Waals surface area contributed by atoms with Crippen molar-refractivity contribution in [3.8, 4) is 0 Å². The highest BCUT2D eigenvalue weighted by Gasteiger charge is 2.64. The fourth-order valence-electron chi connectivity index (χ4n) is 9.20. The number of ether oxygens (including phenoxy) is 4. The first kappa shape index (κ1) is 38.8. The van der Waals surface area contributed by atoms with Gasteiger partial charge in [0.1, 0.15) is 6.61 Å². The van der Waals surface area contributed by atoms with Gasteiger partial charge >= 0.3 is 17.9 Å². The molecule has 5 heterocycles. The van der Waals surface area contributed by atoms with Crippen LogP contribution < -0.4 is 10.6 Å². The summed E-state index contributed by atoms with van der Waals surface area (Å²) in [5, 5.41) is 7.66. The number of nitrogens with one attached hydrogen (secondary N) is 2. The average molecular weight is 699 g/mol. The van der Waals surface area contributed by atoms with Gasteiger partial charge in [-0.15, -0.1) is 0 Å². The molecule has 0 aromatic carbocycles. The zero-order valence-electron chi connectivity index (χ0n) is 31.4. The molecule has 0 aliphatic carbocycles. The van der Waals surface area contributed by atoms with Crippen LogP contribution in [0.25, 0.3) is 0 Å². The summed E-state index contributed by atoms with van der Waals surface area (Å²) in [6.45, 7) is 8.70. The van der Waals surface area contributed by atoms with Gasteiger partial charge in [0.15, 0.2) is 11.6 Å². The van der Waals surface area contributed by atoms with E-state index in [2.05, 4.69) is 47.8 Å². The minimum absolute atomic E-state index is 0.0722. The molecule has 5 aliphatic rings. The number of unbranched alkanes of at least 4 members (excludes halogenated alkanes) is 12. The lowest BCUT2D eigenvalue weighted by Crippen LogP contribution is -2.76. The van der Waals surface area contributed by atoms with Gasteiger partial charge in [-0.05, 0) is 58.3 Å². The molecule has 0 amide bonds. The van der Waals surface area contributed by atoms with Gasteiger partial charge in [0, 0.05) is 25.7 Å². The van der Waals surface area contributed by atoms with E-state index in [-0.39, 0.29) is 36.1 Å². The van der Waals surface area contributed by atoms with Crippen molar-refractivity contribution in [3.05, 3.63) is 24.8 Å². The molecule has 0 unspecified atom stereocenters. The van der Waals surface area contributed by atoms with Gasteiger partial charge in [-0.2, -0.15) is 0 Å². The van der Waals surface area contributed by atoms with Gasteiger partial charge in [-0.25, -0.2) is 10.6 Å². The third-order valence-electron chi connectivity index (χ3n) is 11.7. The van der Waals surface area contributed by atoms with Crippen LogP contribution in [0.1, 0.15) is 162 Å². The lowest BCUT2D eigenvalue weighted by Gasteiger charge is -2.50. The van der Waals surface area contributed by atoms with Crippen LogP contribution in [0.2, 0.25) is 0 Å². The van der Waals surface area contributed by atoms with Gasteiger partial charge in [-0.1, -0.05) is 102 Å².